The standard InChI is InChI=1S/C17H19F3N4/c1-12-5-4-8-24(10-12)16-9-15(21-11-22-16)23-14-7-3-2-6-13(14)17(18,19)20/h2-3,6-7,9,11-12H,4-5,8,10H2,1H3,(H,21,22,23). The van der Waals surface area contributed by atoms with Crippen molar-refractivity contribution in [1.82, 2.24) is 9.97 Å². The quantitative estimate of drug-likeness (QED) is 0.897. The van der Waals surface area contributed by atoms with Crippen molar-refractivity contribution >= 4 is 17.3 Å². The summed E-state index contributed by atoms with van der Waals surface area (Å²) in [5.74, 6) is 1.68. The van der Waals surface area contributed by atoms with E-state index < -0.39 is 11.7 Å². The van der Waals surface area contributed by atoms with Gasteiger partial charge < -0.3 is 10.2 Å². The zero-order valence-electron chi connectivity index (χ0n) is 13.3. The lowest BCUT2D eigenvalue weighted by atomic mass is 10.0. The Labute approximate surface area is 138 Å². The molecular weight excluding hydrogens is 317 g/mol. The largest absolute Gasteiger partial charge is 0.418 e. The Morgan fingerprint density at radius 2 is 2.00 bits per heavy atom. The van der Waals surface area contributed by atoms with Crippen molar-refractivity contribution in [3.8, 4) is 0 Å². The summed E-state index contributed by atoms with van der Waals surface area (Å²) in [4.78, 5) is 10.5. The molecule has 2 aromatic rings. The van der Waals surface area contributed by atoms with Gasteiger partial charge in [0.15, 0.2) is 0 Å². The van der Waals surface area contributed by atoms with Gasteiger partial charge in [-0.15, -0.1) is 0 Å². The van der Waals surface area contributed by atoms with Crippen LogP contribution in [-0.2, 0) is 6.18 Å². The van der Waals surface area contributed by atoms with Gasteiger partial charge in [-0.25, -0.2) is 9.97 Å². The normalized spacial score (nSPS) is 18.5. The van der Waals surface area contributed by atoms with E-state index >= 15 is 0 Å². The number of hydrogen-bond donors (Lipinski definition) is 1. The number of nitrogens with one attached hydrogen (secondary N) is 1. The number of benzene rings is 1. The van der Waals surface area contributed by atoms with Gasteiger partial charge in [0.05, 0.1) is 11.3 Å². The van der Waals surface area contributed by atoms with Crippen molar-refractivity contribution in [1.29, 1.82) is 0 Å². The fourth-order valence-electron chi connectivity index (χ4n) is 2.96. The number of piperidine rings is 1. The van der Waals surface area contributed by atoms with Crippen LogP contribution in [0.1, 0.15) is 25.3 Å². The molecule has 0 spiro atoms. The number of alkyl halides is 3. The first-order chi connectivity index (χ1) is 11.4. The summed E-state index contributed by atoms with van der Waals surface area (Å²) in [7, 11) is 0. The van der Waals surface area contributed by atoms with Crippen molar-refractivity contribution < 1.29 is 13.2 Å². The Balaban J connectivity index is 1.83. The van der Waals surface area contributed by atoms with Crippen molar-refractivity contribution in [3.05, 3.63) is 42.2 Å². The molecule has 1 N–H and O–H groups in total. The van der Waals surface area contributed by atoms with Crippen molar-refractivity contribution in [2.75, 3.05) is 23.3 Å². The zero-order valence-corrected chi connectivity index (χ0v) is 13.3. The molecule has 1 aromatic carbocycles. The van der Waals surface area contributed by atoms with Crippen LogP contribution in [0, 0.1) is 5.92 Å². The van der Waals surface area contributed by atoms with Crippen LogP contribution in [-0.4, -0.2) is 23.1 Å². The van der Waals surface area contributed by atoms with E-state index in [2.05, 4.69) is 27.1 Å². The molecule has 7 heteroatoms. The highest BCUT2D eigenvalue weighted by atomic mass is 19.4. The van der Waals surface area contributed by atoms with Crippen molar-refractivity contribution in [2.45, 2.75) is 25.9 Å². The fourth-order valence-corrected chi connectivity index (χ4v) is 2.96. The molecule has 4 nitrogen and oxygen atoms in total. The molecule has 1 atom stereocenters. The van der Waals surface area contributed by atoms with Crippen molar-refractivity contribution in [3.63, 3.8) is 0 Å². The summed E-state index contributed by atoms with van der Waals surface area (Å²) < 4.78 is 39.2. The molecule has 0 radical (unpaired) electrons. The first-order valence-corrected chi connectivity index (χ1v) is 7.94. The summed E-state index contributed by atoms with van der Waals surface area (Å²) in [5, 5.41) is 2.77. The highest BCUT2D eigenvalue weighted by Gasteiger charge is 2.33. The van der Waals surface area contributed by atoms with E-state index in [0.29, 0.717) is 11.7 Å². The molecule has 1 aliphatic rings. The lowest BCUT2D eigenvalue weighted by Gasteiger charge is -2.31. The van der Waals surface area contributed by atoms with Gasteiger partial charge in [-0.2, -0.15) is 13.2 Å². The van der Waals surface area contributed by atoms with Gasteiger partial charge >= 0.3 is 6.18 Å². The van der Waals surface area contributed by atoms with Gasteiger partial charge in [-0.1, -0.05) is 19.1 Å². The molecule has 1 unspecified atom stereocenters. The van der Waals surface area contributed by atoms with Crippen LogP contribution in [0.2, 0.25) is 0 Å². The van der Waals surface area contributed by atoms with Crippen LogP contribution in [0.4, 0.5) is 30.5 Å². The van der Waals surface area contributed by atoms with Crippen LogP contribution in [0.5, 0.6) is 0 Å². The molecule has 2 heterocycles. The molecule has 1 saturated heterocycles. The van der Waals surface area contributed by atoms with E-state index in [-0.39, 0.29) is 5.69 Å². The Morgan fingerprint density at radius 1 is 1.21 bits per heavy atom. The SMILES string of the molecule is CC1CCCN(c2cc(Nc3ccccc3C(F)(F)F)ncn2)C1. The summed E-state index contributed by atoms with van der Waals surface area (Å²) in [6.45, 7) is 3.99. The predicted octanol–water partition coefficient (Wildman–Crippen LogP) is 4.48. The van der Waals surface area contributed by atoms with E-state index in [1.807, 2.05) is 0 Å². The third-order valence-corrected chi connectivity index (χ3v) is 4.13. The molecule has 1 aliphatic heterocycles. The Kier molecular flexibility index (Phi) is 4.59. The van der Waals surface area contributed by atoms with Crippen LogP contribution >= 0.6 is 0 Å². The third kappa shape index (κ3) is 3.77. The molecule has 0 saturated carbocycles. The summed E-state index contributed by atoms with van der Waals surface area (Å²) in [6, 6.07) is 7.08. The van der Waals surface area contributed by atoms with E-state index in [0.717, 1.165) is 31.4 Å². The number of nitrogens with zero attached hydrogens (tertiary/aromatic N) is 3. The third-order valence-electron chi connectivity index (χ3n) is 4.13. The van der Waals surface area contributed by atoms with Gasteiger partial charge in [0.2, 0.25) is 0 Å². The fraction of sp³-hybridized carbons (Fsp3) is 0.412. The highest BCUT2D eigenvalue weighted by molar-refractivity contribution is 5.63. The number of para-hydroxylation sites is 1. The minimum atomic E-state index is -4.41. The second kappa shape index (κ2) is 6.67. The first-order valence-electron chi connectivity index (χ1n) is 7.94. The first kappa shape index (κ1) is 16.5. The molecule has 24 heavy (non-hydrogen) atoms. The van der Waals surface area contributed by atoms with Crippen LogP contribution in [0.3, 0.4) is 0 Å². The Hall–Kier alpha value is -2.31. The number of rotatable bonds is 3. The molecule has 0 aliphatic carbocycles. The molecule has 0 bridgehead atoms. The summed E-state index contributed by atoms with van der Waals surface area (Å²) >= 11 is 0. The summed E-state index contributed by atoms with van der Waals surface area (Å²) in [5.41, 5.74) is -0.724. The van der Waals surface area contributed by atoms with Gasteiger partial charge in [0.25, 0.3) is 0 Å². The van der Waals surface area contributed by atoms with Gasteiger partial charge in [-0.05, 0) is 30.9 Å². The molecule has 1 aromatic heterocycles. The number of halogens is 3. The van der Waals surface area contributed by atoms with Crippen LogP contribution in [0.25, 0.3) is 0 Å². The van der Waals surface area contributed by atoms with E-state index in [1.165, 1.54) is 24.9 Å². The van der Waals surface area contributed by atoms with Gasteiger partial charge in [0, 0.05) is 19.2 Å². The lowest BCUT2D eigenvalue weighted by molar-refractivity contribution is -0.136. The van der Waals surface area contributed by atoms with E-state index in [4.69, 9.17) is 0 Å². The molecule has 0 amide bonds. The smallest absolute Gasteiger partial charge is 0.356 e. The highest BCUT2D eigenvalue weighted by Crippen LogP contribution is 2.35. The number of anilines is 3. The minimum Gasteiger partial charge on any atom is -0.356 e. The van der Waals surface area contributed by atoms with Gasteiger partial charge in [-0.3, -0.25) is 0 Å². The van der Waals surface area contributed by atoms with Crippen LogP contribution in [0.15, 0.2) is 36.7 Å². The maximum absolute atomic E-state index is 13.1. The molecule has 1 fully saturated rings. The maximum Gasteiger partial charge on any atom is 0.418 e. The molecular formula is C17H19F3N4. The topological polar surface area (TPSA) is 41.0 Å². The predicted molar refractivity (Wildman–Crippen MR) is 87.4 cm³/mol. The maximum atomic E-state index is 13.1. The van der Waals surface area contributed by atoms with Crippen molar-refractivity contribution in [2.24, 2.45) is 5.92 Å². The molecule has 128 valence electrons. The second-order valence-corrected chi connectivity index (χ2v) is 6.12. The number of hydrogen-bond acceptors (Lipinski definition) is 4. The van der Waals surface area contributed by atoms with E-state index in [1.54, 1.807) is 12.1 Å². The minimum absolute atomic E-state index is 0.0123. The zero-order chi connectivity index (χ0) is 17.2. The van der Waals surface area contributed by atoms with E-state index in [9.17, 15) is 13.2 Å². The lowest BCUT2D eigenvalue weighted by Crippen LogP contribution is -2.34. The summed E-state index contributed by atoms with van der Waals surface area (Å²) in [6.07, 6.45) is -0.759. The molecule has 3 rings (SSSR count). The average molecular weight is 336 g/mol. The Morgan fingerprint density at radius 3 is 2.75 bits per heavy atom. The monoisotopic (exact) mass is 336 g/mol. The average Bonchev–Trinajstić information content (AvgIpc) is 2.55. The van der Waals surface area contributed by atoms with Crippen LogP contribution < -0.4 is 10.2 Å². The number of aromatic nitrogens is 2. The second-order valence-electron chi connectivity index (χ2n) is 6.12. The van der Waals surface area contributed by atoms with Gasteiger partial charge in [0.1, 0.15) is 18.0 Å². The Bertz CT molecular complexity index is 702.